The molecule has 1 amide bonds. The van der Waals surface area contributed by atoms with Crippen LogP contribution in [0, 0.1) is 0 Å². The Balaban J connectivity index is 2.97. The van der Waals surface area contributed by atoms with E-state index in [1.54, 1.807) is 20.8 Å². The van der Waals surface area contributed by atoms with Gasteiger partial charge in [-0.1, -0.05) is 0 Å². The summed E-state index contributed by atoms with van der Waals surface area (Å²) >= 11 is 0. The van der Waals surface area contributed by atoms with Gasteiger partial charge in [-0.05, 0) is 33.6 Å². The van der Waals surface area contributed by atoms with Gasteiger partial charge < -0.3 is 9.84 Å². The van der Waals surface area contributed by atoms with Crippen molar-refractivity contribution in [2.45, 2.75) is 39.2 Å². The number of carbonyl (C=O) groups excluding carboxylic acids is 2. The standard InChI is InChI=1S/C13H19NO4/c1-13(2,3)18-12(17)14(4)11-9(7-15)5-6-10(11)8-16/h7-8,15H,5-6H2,1-4H3/b9-7+. The molecule has 0 spiro atoms. The molecule has 0 aliphatic heterocycles. The minimum absolute atomic E-state index is 0.446. The van der Waals surface area contributed by atoms with Gasteiger partial charge in [0.2, 0.25) is 0 Å². The van der Waals surface area contributed by atoms with E-state index in [0.29, 0.717) is 36.0 Å². The molecule has 0 fully saturated rings. The lowest BCUT2D eigenvalue weighted by molar-refractivity contribution is -0.105. The first-order chi connectivity index (χ1) is 8.30. The van der Waals surface area contributed by atoms with Crippen LogP contribution in [0.25, 0.3) is 0 Å². The van der Waals surface area contributed by atoms with E-state index in [1.807, 2.05) is 0 Å². The second-order valence-electron chi connectivity index (χ2n) is 5.19. The van der Waals surface area contributed by atoms with Gasteiger partial charge in [-0.25, -0.2) is 4.79 Å². The summed E-state index contributed by atoms with van der Waals surface area (Å²) in [6, 6.07) is 0. The van der Waals surface area contributed by atoms with Crippen molar-refractivity contribution in [2.24, 2.45) is 0 Å². The molecule has 0 bridgehead atoms. The molecule has 5 nitrogen and oxygen atoms in total. The van der Waals surface area contributed by atoms with E-state index in [4.69, 9.17) is 9.84 Å². The average Bonchev–Trinajstić information content (AvgIpc) is 2.68. The largest absolute Gasteiger partial charge is 0.515 e. The van der Waals surface area contributed by atoms with Crippen molar-refractivity contribution >= 4 is 12.4 Å². The highest BCUT2D eigenvalue weighted by atomic mass is 16.6. The average molecular weight is 253 g/mol. The van der Waals surface area contributed by atoms with Gasteiger partial charge in [0.05, 0.1) is 12.0 Å². The van der Waals surface area contributed by atoms with Gasteiger partial charge in [-0.2, -0.15) is 0 Å². The molecule has 0 atom stereocenters. The summed E-state index contributed by atoms with van der Waals surface area (Å²) < 4.78 is 5.23. The van der Waals surface area contributed by atoms with Gasteiger partial charge in [0.25, 0.3) is 0 Å². The summed E-state index contributed by atoms with van der Waals surface area (Å²) in [7, 11) is 1.53. The lowest BCUT2D eigenvalue weighted by Crippen LogP contribution is -2.34. The molecule has 0 aromatic heterocycles. The Kier molecular flexibility index (Phi) is 4.16. The molecule has 1 aliphatic rings. The number of rotatable bonds is 2. The molecular formula is C13H19NO4. The Bertz CT molecular complexity index is 415. The normalized spacial score (nSPS) is 18.1. The first-order valence-electron chi connectivity index (χ1n) is 5.79. The molecule has 100 valence electrons. The Morgan fingerprint density at radius 2 is 2.00 bits per heavy atom. The molecule has 0 aromatic rings. The quantitative estimate of drug-likeness (QED) is 0.606. The highest BCUT2D eigenvalue weighted by Gasteiger charge is 2.29. The third kappa shape index (κ3) is 3.12. The van der Waals surface area contributed by atoms with Gasteiger partial charge in [0.15, 0.2) is 0 Å². The number of amides is 1. The van der Waals surface area contributed by atoms with Gasteiger partial charge in [-0.3, -0.25) is 9.69 Å². The number of allylic oxidation sites excluding steroid dienone is 2. The third-order valence-corrected chi connectivity index (χ3v) is 2.57. The van der Waals surface area contributed by atoms with Crippen LogP contribution >= 0.6 is 0 Å². The number of hydrogen-bond donors (Lipinski definition) is 1. The zero-order valence-electron chi connectivity index (χ0n) is 11.2. The van der Waals surface area contributed by atoms with Crippen LogP contribution in [0.2, 0.25) is 0 Å². The van der Waals surface area contributed by atoms with Crippen LogP contribution in [-0.2, 0) is 9.53 Å². The molecular weight excluding hydrogens is 234 g/mol. The molecule has 0 unspecified atom stereocenters. The summed E-state index contributed by atoms with van der Waals surface area (Å²) in [6.45, 7) is 5.31. The van der Waals surface area contributed by atoms with E-state index in [-0.39, 0.29) is 0 Å². The maximum atomic E-state index is 11.9. The maximum absolute atomic E-state index is 11.9. The van der Waals surface area contributed by atoms with Crippen molar-refractivity contribution in [3.8, 4) is 0 Å². The predicted molar refractivity (Wildman–Crippen MR) is 67.0 cm³/mol. The van der Waals surface area contributed by atoms with Crippen LogP contribution < -0.4 is 0 Å². The smallest absolute Gasteiger partial charge is 0.414 e. The van der Waals surface area contributed by atoms with Gasteiger partial charge in [0, 0.05) is 18.2 Å². The van der Waals surface area contributed by atoms with E-state index >= 15 is 0 Å². The number of aliphatic hydroxyl groups is 1. The molecule has 5 heteroatoms. The first-order valence-corrected chi connectivity index (χ1v) is 5.79. The van der Waals surface area contributed by atoms with E-state index in [0.717, 1.165) is 6.26 Å². The van der Waals surface area contributed by atoms with E-state index in [9.17, 15) is 9.59 Å². The monoisotopic (exact) mass is 253 g/mol. The summed E-state index contributed by atoms with van der Waals surface area (Å²) in [5.41, 5.74) is 0.922. The summed E-state index contributed by atoms with van der Waals surface area (Å²) in [4.78, 5) is 24.1. The number of aldehydes is 1. The van der Waals surface area contributed by atoms with Gasteiger partial charge in [-0.15, -0.1) is 0 Å². The van der Waals surface area contributed by atoms with Crippen molar-refractivity contribution < 1.29 is 19.4 Å². The summed E-state index contributed by atoms with van der Waals surface area (Å²) in [6.07, 6.45) is 2.18. The van der Waals surface area contributed by atoms with Crippen LogP contribution in [0.5, 0.6) is 0 Å². The van der Waals surface area contributed by atoms with E-state index in [2.05, 4.69) is 0 Å². The van der Waals surface area contributed by atoms with Crippen LogP contribution in [0.15, 0.2) is 23.1 Å². The molecule has 0 aromatic carbocycles. The third-order valence-electron chi connectivity index (χ3n) is 2.57. The second kappa shape index (κ2) is 5.25. The molecule has 1 aliphatic carbocycles. The summed E-state index contributed by atoms with van der Waals surface area (Å²) in [5, 5.41) is 9.12. The van der Waals surface area contributed by atoms with Crippen molar-refractivity contribution in [1.82, 2.24) is 4.90 Å². The highest BCUT2D eigenvalue weighted by molar-refractivity contribution is 5.81. The minimum atomic E-state index is -0.602. The Morgan fingerprint density at radius 3 is 2.44 bits per heavy atom. The van der Waals surface area contributed by atoms with Crippen LogP contribution in [0.3, 0.4) is 0 Å². The van der Waals surface area contributed by atoms with Crippen molar-refractivity contribution in [1.29, 1.82) is 0 Å². The van der Waals surface area contributed by atoms with Crippen molar-refractivity contribution in [2.75, 3.05) is 7.05 Å². The number of aliphatic hydroxyl groups excluding tert-OH is 1. The SMILES string of the molecule is CN(C(=O)OC(C)(C)C)C1=C(C=O)CC/C1=C\O. The molecule has 1 rings (SSSR count). The van der Waals surface area contributed by atoms with Crippen LogP contribution in [0.1, 0.15) is 33.6 Å². The number of likely N-dealkylation sites (N-methyl/N-ethyl adjacent to an activating group) is 1. The lowest BCUT2D eigenvalue weighted by Gasteiger charge is -2.26. The second-order valence-corrected chi connectivity index (χ2v) is 5.19. The molecule has 1 N–H and O–H groups in total. The Hall–Kier alpha value is -1.78. The van der Waals surface area contributed by atoms with E-state index in [1.165, 1.54) is 11.9 Å². The number of ether oxygens (including phenoxy) is 1. The minimum Gasteiger partial charge on any atom is -0.515 e. The Labute approximate surface area is 107 Å². The topological polar surface area (TPSA) is 66.8 Å². The maximum Gasteiger partial charge on any atom is 0.414 e. The molecule has 18 heavy (non-hydrogen) atoms. The number of hydrogen-bond acceptors (Lipinski definition) is 4. The van der Waals surface area contributed by atoms with Crippen molar-refractivity contribution in [3.05, 3.63) is 23.1 Å². The predicted octanol–water partition coefficient (Wildman–Crippen LogP) is 2.54. The number of carbonyl (C=O) groups is 2. The fraction of sp³-hybridized carbons (Fsp3) is 0.538. The van der Waals surface area contributed by atoms with Gasteiger partial charge in [0.1, 0.15) is 11.9 Å². The Morgan fingerprint density at radius 1 is 1.39 bits per heavy atom. The number of nitrogens with zero attached hydrogens (tertiary/aromatic N) is 1. The van der Waals surface area contributed by atoms with Crippen LogP contribution in [0.4, 0.5) is 4.79 Å². The van der Waals surface area contributed by atoms with Gasteiger partial charge >= 0.3 is 6.09 Å². The molecule has 0 saturated carbocycles. The zero-order chi connectivity index (χ0) is 13.9. The summed E-state index contributed by atoms with van der Waals surface area (Å²) in [5.74, 6) is 0. The first kappa shape index (κ1) is 14.3. The molecule has 0 heterocycles. The molecule has 0 saturated heterocycles. The zero-order valence-corrected chi connectivity index (χ0v) is 11.2. The van der Waals surface area contributed by atoms with E-state index < -0.39 is 11.7 Å². The fourth-order valence-electron chi connectivity index (χ4n) is 1.81. The fourth-order valence-corrected chi connectivity index (χ4v) is 1.81. The lowest BCUT2D eigenvalue weighted by atomic mass is 10.2. The van der Waals surface area contributed by atoms with Crippen molar-refractivity contribution in [3.63, 3.8) is 0 Å². The van der Waals surface area contributed by atoms with Crippen LogP contribution in [-0.4, -0.2) is 35.0 Å². The molecule has 0 radical (unpaired) electrons. The highest BCUT2D eigenvalue weighted by Crippen LogP contribution is 2.32.